The van der Waals surface area contributed by atoms with Crippen molar-refractivity contribution in [3.8, 4) is 0 Å². The van der Waals surface area contributed by atoms with E-state index < -0.39 is 16.6 Å². The van der Waals surface area contributed by atoms with Crippen LogP contribution in [0.4, 0.5) is 4.39 Å². The summed E-state index contributed by atoms with van der Waals surface area (Å²) in [6.45, 7) is 0. The van der Waals surface area contributed by atoms with Crippen LogP contribution < -0.4 is 3.78 Å². The van der Waals surface area contributed by atoms with E-state index in [2.05, 4.69) is 18.0 Å². The van der Waals surface area contributed by atoms with Gasteiger partial charge in [-0.3, -0.25) is 0 Å². The number of aromatic nitrogens is 2. The van der Waals surface area contributed by atoms with E-state index in [1.54, 1.807) is 12.5 Å². The van der Waals surface area contributed by atoms with E-state index in [9.17, 15) is 4.39 Å². The standard InChI is InChI=1S/C6H4F.C3H3N2.Au.BrH/c7-6-4-2-1-3-5-6;1-2-5-3-4-1;;/h2-5H;1-3H;;1H/q;-1;+2;/p-1. The van der Waals surface area contributed by atoms with Crippen molar-refractivity contribution in [1.82, 2.24) is 7.95 Å². The summed E-state index contributed by atoms with van der Waals surface area (Å²) >= 11 is 2.16. The van der Waals surface area contributed by atoms with Gasteiger partial charge in [-0.15, -0.1) is 0 Å². The second-order valence-corrected chi connectivity index (χ2v) is 9.77. The molecule has 0 amide bonds. The molecular formula is C9H7AuBrFN2. The summed E-state index contributed by atoms with van der Waals surface area (Å²) < 4.78 is 15.9. The zero-order chi connectivity index (χ0) is 9.97. The summed E-state index contributed by atoms with van der Waals surface area (Å²) in [6.07, 6.45) is 5.44. The minimum absolute atomic E-state index is 0.199. The molecule has 2 rings (SSSR count). The van der Waals surface area contributed by atoms with Crippen molar-refractivity contribution in [2.75, 3.05) is 0 Å². The minimum atomic E-state index is -1.48. The van der Waals surface area contributed by atoms with Crippen LogP contribution in [-0.4, -0.2) is 7.95 Å². The molecule has 2 nitrogen and oxygen atoms in total. The Hall–Kier alpha value is -0.420. The molecule has 0 fully saturated rings. The number of benzene rings is 1. The van der Waals surface area contributed by atoms with Crippen LogP contribution in [0.2, 0.25) is 0 Å². The molecular weight excluding hydrogens is 432 g/mol. The molecule has 0 saturated carbocycles. The van der Waals surface area contributed by atoms with E-state index in [-0.39, 0.29) is 5.82 Å². The number of imidazole rings is 1. The van der Waals surface area contributed by atoms with E-state index in [1.165, 1.54) is 12.1 Å². The fourth-order valence-corrected chi connectivity index (χ4v) is 5.63. The maximum absolute atomic E-state index is 12.7. The number of rotatable bonds is 2. The molecule has 2 aromatic rings. The third kappa shape index (κ3) is 2.15. The van der Waals surface area contributed by atoms with Crippen LogP contribution >= 0.6 is 13.0 Å². The van der Waals surface area contributed by atoms with Crippen molar-refractivity contribution in [1.29, 1.82) is 0 Å². The van der Waals surface area contributed by atoms with Gasteiger partial charge >= 0.3 is 94.5 Å². The second kappa shape index (κ2) is 4.40. The van der Waals surface area contributed by atoms with Gasteiger partial charge in [0.15, 0.2) is 0 Å². The summed E-state index contributed by atoms with van der Waals surface area (Å²) in [5, 5.41) is 0. The Kier molecular flexibility index (Phi) is 3.18. The van der Waals surface area contributed by atoms with Crippen LogP contribution in [-0.2, 0) is 16.6 Å². The van der Waals surface area contributed by atoms with Crippen molar-refractivity contribution >= 4 is 16.8 Å². The molecule has 0 atom stereocenters. The molecule has 0 radical (unpaired) electrons. The molecule has 0 N–H and O–H groups in total. The van der Waals surface area contributed by atoms with E-state index in [4.69, 9.17) is 0 Å². The van der Waals surface area contributed by atoms with E-state index >= 15 is 0 Å². The Morgan fingerprint density at radius 1 is 1.29 bits per heavy atom. The number of hydrogen-bond donors (Lipinski definition) is 0. The van der Waals surface area contributed by atoms with Gasteiger partial charge in [-0.1, -0.05) is 0 Å². The van der Waals surface area contributed by atoms with Crippen molar-refractivity contribution in [3.05, 3.63) is 48.8 Å². The predicted molar refractivity (Wildman–Crippen MR) is 52.6 cm³/mol. The first-order valence-electron chi connectivity index (χ1n) is 3.78. The molecule has 0 bridgehead atoms. The Morgan fingerprint density at radius 2 is 2.00 bits per heavy atom. The summed E-state index contributed by atoms with van der Waals surface area (Å²) in [4.78, 5) is 3.98. The maximum atomic E-state index is 12.7. The first-order valence-corrected chi connectivity index (χ1v) is 10.6. The Morgan fingerprint density at radius 3 is 2.57 bits per heavy atom. The molecule has 0 saturated heterocycles. The number of nitrogens with zero attached hydrogens (tertiary/aromatic N) is 2. The van der Waals surface area contributed by atoms with Crippen LogP contribution in [0.1, 0.15) is 0 Å². The average Bonchev–Trinajstić information content (AvgIpc) is 2.71. The summed E-state index contributed by atoms with van der Waals surface area (Å²) in [5.74, 6) is -0.199. The zero-order valence-electron chi connectivity index (χ0n) is 6.99. The average molecular weight is 439 g/mol. The molecule has 0 aliphatic rings. The van der Waals surface area contributed by atoms with E-state index in [0.717, 1.165) is 3.78 Å². The van der Waals surface area contributed by atoms with Gasteiger partial charge in [-0.05, 0) is 0 Å². The molecule has 0 aliphatic heterocycles. The SMILES string of the molecule is Fc1cc[c]([Au]([Br])[n]2ccnc2)cc1. The van der Waals surface area contributed by atoms with Gasteiger partial charge in [0.1, 0.15) is 0 Å². The zero-order valence-corrected chi connectivity index (χ0v) is 10.7. The van der Waals surface area contributed by atoms with Crippen molar-refractivity contribution in [2.24, 2.45) is 0 Å². The normalized spacial score (nSPS) is 11.4. The molecule has 5 heteroatoms. The van der Waals surface area contributed by atoms with E-state index in [0.29, 0.717) is 0 Å². The molecule has 1 aromatic carbocycles. The van der Waals surface area contributed by atoms with Crippen molar-refractivity contribution in [3.63, 3.8) is 0 Å². The summed E-state index contributed by atoms with van der Waals surface area (Å²) in [7, 11) is 0. The molecule has 0 unspecified atom stereocenters. The van der Waals surface area contributed by atoms with Gasteiger partial charge in [0.2, 0.25) is 0 Å². The van der Waals surface area contributed by atoms with Gasteiger partial charge < -0.3 is 0 Å². The van der Waals surface area contributed by atoms with Crippen molar-refractivity contribution in [2.45, 2.75) is 0 Å². The van der Waals surface area contributed by atoms with Crippen LogP contribution in [0.25, 0.3) is 0 Å². The number of hydrogen-bond acceptors (Lipinski definition) is 1. The third-order valence-electron chi connectivity index (χ3n) is 1.51. The molecule has 14 heavy (non-hydrogen) atoms. The van der Waals surface area contributed by atoms with Gasteiger partial charge in [0.25, 0.3) is 0 Å². The van der Waals surface area contributed by atoms with Crippen LogP contribution in [0.15, 0.2) is 43.0 Å². The van der Waals surface area contributed by atoms with E-state index in [1.807, 2.05) is 21.3 Å². The Balaban J connectivity index is 2.28. The van der Waals surface area contributed by atoms with Gasteiger partial charge in [-0.2, -0.15) is 0 Å². The Labute approximate surface area is 94.2 Å². The quantitative estimate of drug-likeness (QED) is 0.656. The summed E-state index contributed by atoms with van der Waals surface area (Å²) in [5.41, 5.74) is 0. The monoisotopic (exact) mass is 438 g/mol. The molecule has 0 aliphatic carbocycles. The predicted octanol–water partition coefficient (Wildman–Crippen LogP) is 2.04. The van der Waals surface area contributed by atoms with Gasteiger partial charge in [-0.25, -0.2) is 0 Å². The third-order valence-corrected chi connectivity index (χ3v) is 9.10. The number of halogens is 2. The second-order valence-electron chi connectivity index (χ2n) is 2.44. The van der Waals surface area contributed by atoms with Crippen LogP contribution in [0.5, 0.6) is 0 Å². The van der Waals surface area contributed by atoms with Crippen molar-refractivity contribution < 1.29 is 21.0 Å². The first-order chi connectivity index (χ1) is 6.77. The first kappa shape index (κ1) is 10.1. The Bertz CT molecular complexity index is 401. The molecule has 0 spiro atoms. The summed E-state index contributed by atoms with van der Waals surface area (Å²) in [6, 6.07) is 6.59. The van der Waals surface area contributed by atoms with Gasteiger partial charge in [0.05, 0.1) is 0 Å². The van der Waals surface area contributed by atoms with Crippen LogP contribution in [0, 0.1) is 5.82 Å². The fourth-order valence-electron chi connectivity index (χ4n) is 0.892. The fraction of sp³-hybridized carbons (Fsp3) is 0. The molecule has 1 aromatic heterocycles. The van der Waals surface area contributed by atoms with Crippen LogP contribution in [0.3, 0.4) is 0 Å². The molecule has 78 valence electrons. The van der Waals surface area contributed by atoms with Gasteiger partial charge in [0, 0.05) is 0 Å². The topological polar surface area (TPSA) is 17.8 Å². The molecule has 1 heterocycles.